The highest BCUT2D eigenvalue weighted by Gasteiger charge is 2.14. The minimum absolute atomic E-state index is 0.756. The zero-order chi connectivity index (χ0) is 20.1. The van der Waals surface area contributed by atoms with E-state index in [1.807, 2.05) is 31.3 Å². The van der Waals surface area contributed by atoms with Crippen LogP contribution in [0.15, 0.2) is 55.0 Å². The van der Waals surface area contributed by atoms with Crippen LogP contribution in [-0.4, -0.2) is 30.2 Å². The Bertz CT molecular complexity index is 955. The molecular formula is C23H27N5O. The van der Waals surface area contributed by atoms with Gasteiger partial charge in [0.1, 0.15) is 11.6 Å². The van der Waals surface area contributed by atoms with Crippen LogP contribution in [0.3, 0.4) is 0 Å². The minimum Gasteiger partial charge on any atom is -0.494 e. The van der Waals surface area contributed by atoms with Crippen LogP contribution in [0, 0.1) is 6.92 Å². The molecule has 1 fully saturated rings. The number of aryl methyl sites for hydroxylation is 1. The number of pyridine rings is 2. The average Bonchev–Trinajstić information content (AvgIpc) is 2.77. The summed E-state index contributed by atoms with van der Waals surface area (Å²) in [6.45, 7) is 4.25. The first-order chi connectivity index (χ1) is 14.2. The van der Waals surface area contributed by atoms with Gasteiger partial charge in [-0.15, -0.1) is 0 Å². The summed E-state index contributed by atoms with van der Waals surface area (Å²) in [5.41, 5.74) is 5.10. The highest BCUT2D eigenvalue weighted by Crippen LogP contribution is 2.33. The Labute approximate surface area is 172 Å². The van der Waals surface area contributed by atoms with Gasteiger partial charge in [0.05, 0.1) is 24.7 Å². The number of nitrogens with zero attached hydrogens (tertiary/aromatic N) is 3. The summed E-state index contributed by atoms with van der Waals surface area (Å²) in [7, 11) is 1.71. The molecule has 0 unspecified atom stereocenters. The van der Waals surface area contributed by atoms with Crippen molar-refractivity contribution in [1.82, 2.24) is 9.97 Å². The van der Waals surface area contributed by atoms with Crippen molar-refractivity contribution in [3.8, 4) is 5.75 Å². The van der Waals surface area contributed by atoms with Gasteiger partial charge >= 0.3 is 0 Å². The molecule has 0 bridgehead atoms. The van der Waals surface area contributed by atoms with Crippen LogP contribution >= 0.6 is 0 Å². The second kappa shape index (κ2) is 8.82. The fourth-order valence-electron chi connectivity index (χ4n) is 3.59. The van der Waals surface area contributed by atoms with E-state index in [2.05, 4.69) is 43.7 Å². The molecule has 1 aromatic carbocycles. The Hall–Kier alpha value is -3.28. The molecule has 29 heavy (non-hydrogen) atoms. The molecule has 0 aliphatic carbocycles. The van der Waals surface area contributed by atoms with Crippen molar-refractivity contribution in [3.05, 3.63) is 60.6 Å². The maximum atomic E-state index is 5.66. The van der Waals surface area contributed by atoms with Crippen molar-refractivity contribution in [3.63, 3.8) is 0 Å². The topological polar surface area (TPSA) is 62.3 Å². The molecule has 0 spiro atoms. The van der Waals surface area contributed by atoms with Gasteiger partial charge in [-0.25, -0.2) is 4.98 Å². The van der Waals surface area contributed by atoms with E-state index >= 15 is 0 Å². The molecule has 0 radical (unpaired) electrons. The van der Waals surface area contributed by atoms with Gasteiger partial charge in [-0.1, -0.05) is 0 Å². The molecule has 3 heterocycles. The van der Waals surface area contributed by atoms with E-state index < -0.39 is 0 Å². The van der Waals surface area contributed by atoms with Gasteiger partial charge in [0.25, 0.3) is 0 Å². The quantitative estimate of drug-likeness (QED) is 0.599. The zero-order valence-electron chi connectivity index (χ0n) is 17.0. The molecule has 0 amide bonds. The van der Waals surface area contributed by atoms with Crippen LogP contribution in [0.5, 0.6) is 5.75 Å². The first-order valence-corrected chi connectivity index (χ1v) is 10.1. The van der Waals surface area contributed by atoms with Crippen LogP contribution in [0.1, 0.15) is 24.8 Å². The molecule has 0 atom stereocenters. The minimum atomic E-state index is 0.756. The van der Waals surface area contributed by atoms with Gasteiger partial charge < -0.3 is 20.3 Å². The smallest absolute Gasteiger partial charge is 0.144 e. The normalized spacial score (nSPS) is 13.8. The van der Waals surface area contributed by atoms with E-state index in [1.165, 1.54) is 24.9 Å². The Morgan fingerprint density at radius 1 is 0.966 bits per heavy atom. The van der Waals surface area contributed by atoms with Gasteiger partial charge in [-0.2, -0.15) is 0 Å². The van der Waals surface area contributed by atoms with E-state index in [9.17, 15) is 0 Å². The molecule has 6 heteroatoms. The molecule has 6 nitrogen and oxygen atoms in total. The Morgan fingerprint density at radius 2 is 1.83 bits per heavy atom. The number of rotatable bonds is 6. The lowest BCUT2D eigenvalue weighted by atomic mass is 10.1. The summed E-state index contributed by atoms with van der Waals surface area (Å²) in [6.07, 6.45) is 9.24. The highest BCUT2D eigenvalue weighted by atomic mass is 16.5. The van der Waals surface area contributed by atoms with E-state index in [0.717, 1.165) is 47.3 Å². The van der Waals surface area contributed by atoms with Crippen molar-refractivity contribution in [2.45, 2.75) is 26.2 Å². The van der Waals surface area contributed by atoms with Crippen molar-refractivity contribution in [2.75, 3.05) is 35.7 Å². The van der Waals surface area contributed by atoms with Gasteiger partial charge in [0, 0.05) is 49.0 Å². The summed E-state index contributed by atoms with van der Waals surface area (Å²) < 4.78 is 5.66. The van der Waals surface area contributed by atoms with E-state index in [4.69, 9.17) is 4.74 Å². The monoisotopic (exact) mass is 389 g/mol. The van der Waals surface area contributed by atoms with Crippen LogP contribution in [0.25, 0.3) is 0 Å². The third-order valence-corrected chi connectivity index (χ3v) is 5.21. The summed E-state index contributed by atoms with van der Waals surface area (Å²) >= 11 is 0. The second-order valence-corrected chi connectivity index (χ2v) is 7.31. The lowest BCUT2D eigenvalue weighted by Gasteiger charge is -2.29. The Morgan fingerprint density at radius 3 is 2.59 bits per heavy atom. The predicted molar refractivity (Wildman–Crippen MR) is 119 cm³/mol. The van der Waals surface area contributed by atoms with Crippen LogP contribution in [-0.2, 0) is 0 Å². The first kappa shape index (κ1) is 19.1. The summed E-state index contributed by atoms with van der Waals surface area (Å²) in [5, 5.41) is 6.80. The number of anilines is 5. The molecular weight excluding hydrogens is 362 g/mol. The van der Waals surface area contributed by atoms with E-state index in [1.54, 1.807) is 19.5 Å². The average molecular weight is 390 g/mol. The number of benzene rings is 1. The van der Waals surface area contributed by atoms with Gasteiger partial charge in [-0.3, -0.25) is 4.98 Å². The van der Waals surface area contributed by atoms with Crippen LogP contribution in [0.4, 0.5) is 28.6 Å². The standard InChI is InChI=1S/C23H27N5O/c1-17-15-25-23(14-21(17)26-18-7-6-10-24-16-18)27-20-9-8-19(13-22(20)29-2)28-11-4-3-5-12-28/h6-10,13-16H,3-5,11-12H2,1-2H3,(H2,25,26,27). The molecule has 1 aliphatic rings. The summed E-state index contributed by atoms with van der Waals surface area (Å²) in [6, 6.07) is 12.2. The zero-order valence-corrected chi connectivity index (χ0v) is 17.0. The lowest BCUT2D eigenvalue weighted by molar-refractivity contribution is 0.416. The first-order valence-electron chi connectivity index (χ1n) is 10.1. The van der Waals surface area contributed by atoms with E-state index in [-0.39, 0.29) is 0 Å². The number of methoxy groups -OCH3 is 1. The van der Waals surface area contributed by atoms with Crippen molar-refractivity contribution < 1.29 is 4.74 Å². The highest BCUT2D eigenvalue weighted by molar-refractivity contribution is 5.72. The van der Waals surface area contributed by atoms with Crippen molar-refractivity contribution in [2.24, 2.45) is 0 Å². The molecule has 2 aromatic heterocycles. The van der Waals surface area contributed by atoms with Crippen LogP contribution in [0.2, 0.25) is 0 Å². The fraction of sp³-hybridized carbons (Fsp3) is 0.304. The summed E-state index contributed by atoms with van der Waals surface area (Å²) in [5.74, 6) is 1.57. The molecule has 150 valence electrons. The Balaban J connectivity index is 1.54. The van der Waals surface area contributed by atoms with Gasteiger partial charge in [-0.05, 0) is 56.0 Å². The SMILES string of the molecule is COc1cc(N2CCCCC2)ccc1Nc1cc(Nc2cccnc2)c(C)cn1. The lowest BCUT2D eigenvalue weighted by Crippen LogP contribution is -2.29. The fourth-order valence-corrected chi connectivity index (χ4v) is 3.59. The number of piperidine rings is 1. The largest absolute Gasteiger partial charge is 0.494 e. The number of nitrogens with one attached hydrogen (secondary N) is 2. The number of aromatic nitrogens is 2. The Kier molecular flexibility index (Phi) is 5.79. The van der Waals surface area contributed by atoms with Crippen molar-refractivity contribution >= 4 is 28.6 Å². The maximum Gasteiger partial charge on any atom is 0.144 e. The van der Waals surface area contributed by atoms with Crippen LogP contribution < -0.4 is 20.3 Å². The molecule has 1 aliphatic heterocycles. The third-order valence-electron chi connectivity index (χ3n) is 5.21. The number of hydrogen-bond acceptors (Lipinski definition) is 6. The van der Waals surface area contributed by atoms with Gasteiger partial charge in [0.15, 0.2) is 0 Å². The molecule has 2 N–H and O–H groups in total. The third kappa shape index (κ3) is 4.59. The molecule has 3 aromatic rings. The number of hydrogen-bond donors (Lipinski definition) is 2. The number of ether oxygens (including phenoxy) is 1. The second-order valence-electron chi connectivity index (χ2n) is 7.31. The van der Waals surface area contributed by atoms with Crippen molar-refractivity contribution in [1.29, 1.82) is 0 Å². The summed E-state index contributed by atoms with van der Waals surface area (Å²) in [4.78, 5) is 11.1. The molecule has 1 saturated heterocycles. The molecule has 0 saturated carbocycles. The maximum absolute atomic E-state index is 5.66. The molecule has 4 rings (SSSR count). The van der Waals surface area contributed by atoms with E-state index in [0.29, 0.717) is 0 Å². The predicted octanol–water partition coefficient (Wildman–Crippen LogP) is 5.27. The van der Waals surface area contributed by atoms with Gasteiger partial charge in [0.2, 0.25) is 0 Å².